The zero-order valence-electron chi connectivity index (χ0n) is 26.3. The van der Waals surface area contributed by atoms with Crippen LogP contribution in [0.5, 0.6) is 0 Å². The third-order valence-electron chi connectivity index (χ3n) is 9.21. The van der Waals surface area contributed by atoms with Gasteiger partial charge in [0.05, 0.1) is 17.6 Å². The first kappa shape index (κ1) is 34.3. The second-order valence-electron chi connectivity index (χ2n) is 12.1. The minimum absolute atomic E-state index is 0. The third kappa shape index (κ3) is 8.30. The molecule has 1 saturated carbocycles. The quantitative estimate of drug-likeness (QED) is 0.273. The summed E-state index contributed by atoms with van der Waals surface area (Å²) in [6.07, 6.45) is 9.04. The van der Waals surface area contributed by atoms with Gasteiger partial charge >= 0.3 is 0 Å². The summed E-state index contributed by atoms with van der Waals surface area (Å²) in [5, 5.41) is 11.1. The fraction of sp³-hybridized carbons (Fsp3) is 0.647. The van der Waals surface area contributed by atoms with Gasteiger partial charge in [0.25, 0.3) is 0 Å². The number of nitrogens with zero attached hydrogens (tertiary/aromatic N) is 2. The molecule has 4 atom stereocenters. The molecule has 0 radical (unpaired) electrons. The van der Waals surface area contributed by atoms with Crippen LogP contribution >= 0.6 is 12.4 Å². The van der Waals surface area contributed by atoms with Gasteiger partial charge in [-0.15, -0.1) is 12.4 Å². The number of hydrogen-bond donors (Lipinski definition) is 3. The van der Waals surface area contributed by atoms with Gasteiger partial charge in [-0.3, -0.25) is 4.90 Å². The Kier molecular flexibility index (Phi) is 13.6. The van der Waals surface area contributed by atoms with Crippen molar-refractivity contribution in [1.82, 2.24) is 25.8 Å². The Hall–Kier alpha value is -1.95. The number of rotatable bonds is 11. The molecule has 2 aliphatic heterocycles. The topological polar surface area (TPSA) is 42.6 Å². The van der Waals surface area contributed by atoms with Crippen LogP contribution in [-0.4, -0.2) is 60.6 Å². The third-order valence-corrected chi connectivity index (χ3v) is 9.21. The highest BCUT2D eigenvalue weighted by Crippen LogP contribution is 2.36. The number of piperazine rings is 1. The molecule has 226 valence electrons. The minimum atomic E-state index is -0.204. The maximum atomic E-state index is 4.81. The summed E-state index contributed by atoms with van der Waals surface area (Å²) in [7, 11) is 2.00. The Morgan fingerprint density at radius 1 is 0.950 bits per heavy atom. The lowest BCUT2D eigenvalue weighted by atomic mass is 9.81. The second-order valence-corrected chi connectivity index (χ2v) is 12.1. The van der Waals surface area contributed by atoms with E-state index in [1.54, 1.807) is 0 Å². The second kappa shape index (κ2) is 15.9. The van der Waals surface area contributed by atoms with Crippen LogP contribution in [0.3, 0.4) is 0 Å². The Morgan fingerprint density at radius 2 is 1.60 bits per heavy atom. The first-order valence-electron chi connectivity index (χ1n) is 15.6. The first-order valence-corrected chi connectivity index (χ1v) is 15.6. The molecular weight excluding hydrogens is 514 g/mol. The first-order chi connectivity index (χ1) is 18.7. The van der Waals surface area contributed by atoms with Crippen LogP contribution in [0.15, 0.2) is 67.2 Å². The van der Waals surface area contributed by atoms with Gasteiger partial charge in [0.1, 0.15) is 0 Å². The maximum Gasteiger partial charge on any atom is 0.0807 e. The van der Waals surface area contributed by atoms with Crippen LogP contribution in [0.1, 0.15) is 85.1 Å². The van der Waals surface area contributed by atoms with E-state index in [0.717, 1.165) is 24.5 Å². The lowest BCUT2D eigenvalue weighted by molar-refractivity contribution is 0.0763. The summed E-state index contributed by atoms with van der Waals surface area (Å²) in [5.41, 5.74) is 4.43. The zero-order valence-corrected chi connectivity index (χ0v) is 27.1. The van der Waals surface area contributed by atoms with Crippen molar-refractivity contribution in [1.29, 1.82) is 0 Å². The normalized spacial score (nSPS) is 23.0. The molecule has 0 spiro atoms. The number of likely N-dealkylation sites (N-methyl/N-ethyl adjacent to an activating group) is 1. The minimum Gasteiger partial charge on any atom is -0.379 e. The molecule has 2 saturated heterocycles. The Bertz CT molecular complexity index is 939. The Labute approximate surface area is 252 Å². The molecule has 0 amide bonds. The lowest BCUT2D eigenvalue weighted by Gasteiger charge is -2.50. The number of benzene rings is 1. The van der Waals surface area contributed by atoms with Crippen LogP contribution in [0.2, 0.25) is 0 Å². The molecule has 40 heavy (non-hydrogen) atoms. The molecule has 1 aromatic rings. The molecule has 3 N–H and O–H groups in total. The van der Waals surface area contributed by atoms with Crippen LogP contribution < -0.4 is 16.0 Å². The van der Waals surface area contributed by atoms with Crippen LogP contribution in [0.25, 0.3) is 0 Å². The van der Waals surface area contributed by atoms with Crippen molar-refractivity contribution in [2.24, 2.45) is 5.92 Å². The van der Waals surface area contributed by atoms with Gasteiger partial charge in [0.15, 0.2) is 0 Å². The maximum absolute atomic E-state index is 4.81. The SMILES string of the molecule is C=C(NC(C(=C)N1C[C@H]2CCCN2C[C@H]1C(=C)NC(C)(C)c1ccccc1)C1CCCCC1)[C@H](C)NC.CC.Cl. The fourth-order valence-electron chi connectivity index (χ4n) is 6.66. The number of halogens is 1. The van der Waals surface area contributed by atoms with Crippen molar-refractivity contribution in [3.63, 3.8) is 0 Å². The summed E-state index contributed by atoms with van der Waals surface area (Å²) in [4.78, 5) is 5.29. The molecule has 1 unspecified atom stereocenters. The fourth-order valence-corrected chi connectivity index (χ4v) is 6.66. The molecule has 5 nitrogen and oxygen atoms in total. The molecule has 3 fully saturated rings. The molecule has 2 heterocycles. The van der Waals surface area contributed by atoms with Crippen molar-refractivity contribution in [3.05, 3.63) is 72.7 Å². The van der Waals surface area contributed by atoms with E-state index >= 15 is 0 Å². The molecule has 1 aliphatic carbocycles. The van der Waals surface area contributed by atoms with E-state index in [-0.39, 0.29) is 36.1 Å². The van der Waals surface area contributed by atoms with Gasteiger partial charge in [0, 0.05) is 42.3 Å². The van der Waals surface area contributed by atoms with E-state index in [9.17, 15) is 0 Å². The molecule has 0 aromatic heterocycles. The summed E-state index contributed by atoms with van der Waals surface area (Å²) < 4.78 is 0. The van der Waals surface area contributed by atoms with Crippen molar-refractivity contribution in [2.75, 3.05) is 26.7 Å². The highest BCUT2D eigenvalue weighted by Gasteiger charge is 2.41. The predicted octanol–water partition coefficient (Wildman–Crippen LogP) is 6.80. The van der Waals surface area contributed by atoms with E-state index in [1.165, 1.54) is 62.8 Å². The van der Waals surface area contributed by atoms with Crippen molar-refractivity contribution < 1.29 is 0 Å². The van der Waals surface area contributed by atoms with Crippen LogP contribution in [-0.2, 0) is 5.54 Å². The lowest BCUT2D eigenvalue weighted by Crippen LogP contribution is -2.60. The molecule has 6 heteroatoms. The number of fused-ring (bicyclic) bond motifs is 1. The largest absolute Gasteiger partial charge is 0.379 e. The summed E-state index contributed by atoms with van der Waals surface area (Å²) in [5.74, 6) is 0.589. The highest BCUT2D eigenvalue weighted by atomic mass is 35.5. The summed E-state index contributed by atoms with van der Waals surface area (Å²) in [6, 6.07) is 11.9. The average molecular weight is 572 g/mol. The standard InChI is InChI=1S/C32H51N5.C2H6.ClH/c1-23(33-7)24(2)34-31(27-15-10-8-11-16-27)26(4)37-21-29-19-14-20-36(29)22-30(37)25(3)35-32(5,6)28-17-12-9-13-18-28;1-2;/h9,12-13,17-18,23,27,29-31,33-35H,2-4,8,10-11,14-16,19-22H2,1,5-7H3;1-2H3;1H/t23-,29+,30-,31?;;/m0../s1. The molecule has 1 aromatic carbocycles. The Morgan fingerprint density at radius 3 is 2.23 bits per heavy atom. The smallest absolute Gasteiger partial charge is 0.0807 e. The molecule has 4 rings (SSSR count). The zero-order chi connectivity index (χ0) is 28.6. The van der Waals surface area contributed by atoms with Crippen LogP contribution in [0, 0.1) is 5.92 Å². The van der Waals surface area contributed by atoms with Gasteiger partial charge in [0.2, 0.25) is 0 Å². The summed E-state index contributed by atoms with van der Waals surface area (Å²) >= 11 is 0. The molecule has 3 aliphatic rings. The molecular formula is C34H58ClN5. The van der Waals surface area contributed by atoms with Crippen LogP contribution in [0.4, 0.5) is 0 Å². The van der Waals surface area contributed by atoms with Crippen molar-refractivity contribution >= 4 is 12.4 Å². The van der Waals surface area contributed by atoms with Crippen molar-refractivity contribution in [3.8, 4) is 0 Å². The Balaban J connectivity index is 0.00000183. The van der Waals surface area contributed by atoms with E-state index in [0.29, 0.717) is 12.0 Å². The van der Waals surface area contributed by atoms with Gasteiger partial charge in [-0.2, -0.15) is 0 Å². The van der Waals surface area contributed by atoms with E-state index < -0.39 is 0 Å². The van der Waals surface area contributed by atoms with Gasteiger partial charge in [-0.05, 0) is 71.5 Å². The monoisotopic (exact) mass is 571 g/mol. The van der Waals surface area contributed by atoms with Crippen molar-refractivity contribution in [2.45, 2.75) is 109 Å². The highest BCUT2D eigenvalue weighted by molar-refractivity contribution is 5.85. The number of nitrogens with one attached hydrogen (secondary N) is 3. The van der Waals surface area contributed by atoms with Gasteiger partial charge in [-0.25, -0.2) is 0 Å². The molecule has 0 bridgehead atoms. The average Bonchev–Trinajstić information content (AvgIpc) is 3.44. The van der Waals surface area contributed by atoms with Gasteiger partial charge < -0.3 is 20.9 Å². The predicted molar refractivity (Wildman–Crippen MR) is 176 cm³/mol. The number of hydrogen-bond acceptors (Lipinski definition) is 5. The van der Waals surface area contributed by atoms with Gasteiger partial charge in [-0.1, -0.05) is 83.2 Å². The summed E-state index contributed by atoms with van der Waals surface area (Å²) in [6.45, 7) is 27.8. The van der Waals surface area contributed by atoms with E-state index in [1.807, 2.05) is 20.9 Å². The van der Waals surface area contributed by atoms with E-state index in [4.69, 9.17) is 6.58 Å². The van der Waals surface area contributed by atoms with E-state index in [2.05, 4.69) is 90.0 Å².